The molecule has 162 valence electrons. The Labute approximate surface area is 181 Å². The van der Waals surface area contributed by atoms with Crippen LogP contribution in [0.5, 0.6) is 0 Å². The van der Waals surface area contributed by atoms with Crippen LogP contribution in [0.3, 0.4) is 0 Å². The fourth-order valence-corrected chi connectivity index (χ4v) is 3.83. The zero-order valence-electron chi connectivity index (χ0n) is 17.9. The lowest BCUT2D eigenvalue weighted by atomic mass is 10.0. The van der Waals surface area contributed by atoms with E-state index in [2.05, 4.69) is 31.2 Å². The van der Waals surface area contributed by atoms with Gasteiger partial charge < -0.3 is 10.1 Å². The van der Waals surface area contributed by atoms with Crippen molar-refractivity contribution in [2.24, 2.45) is 0 Å². The van der Waals surface area contributed by atoms with Crippen molar-refractivity contribution in [1.82, 2.24) is 24.8 Å². The van der Waals surface area contributed by atoms with Crippen LogP contribution in [0.15, 0.2) is 42.9 Å². The summed E-state index contributed by atoms with van der Waals surface area (Å²) in [5, 5.41) is 3.25. The maximum Gasteiger partial charge on any atom is 0.141 e. The van der Waals surface area contributed by atoms with E-state index < -0.39 is 0 Å². The second kappa shape index (κ2) is 9.89. The number of methoxy groups -OCH3 is 1. The number of hydrogen-bond donors (Lipinski definition) is 1. The van der Waals surface area contributed by atoms with Crippen LogP contribution in [0.2, 0.25) is 0 Å². The summed E-state index contributed by atoms with van der Waals surface area (Å²) in [6.07, 6.45) is 6.81. The first-order valence-corrected chi connectivity index (χ1v) is 10.5. The zero-order valence-corrected chi connectivity index (χ0v) is 17.9. The van der Waals surface area contributed by atoms with E-state index in [1.165, 1.54) is 12.3 Å². The molecule has 1 aliphatic rings. The van der Waals surface area contributed by atoms with E-state index in [-0.39, 0.29) is 5.82 Å². The summed E-state index contributed by atoms with van der Waals surface area (Å²) in [6.45, 7) is 5.40. The number of anilines is 2. The van der Waals surface area contributed by atoms with Crippen molar-refractivity contribution in [2.75, 3.05) is 32.1 Å². The minimum absolute atomic E-state index is 0.349. The molecular formula is C23H27FN6O. The Bertz CT molecular complexity index is 996. The SMILES string of the molecule is COCCc1ncc(CN2CCC(c3cc(Nc4ccc(F)cn4)cc(C)n3)C2)cn1. The maximum atomic E-state index is 13.1. The van der Waals surface area contributed by atoms with Crippen molar-refractivity contribution in [2.45, 2.75) is 32.2 Å². The second-order valence-corrected chi connectivity index (χ2v) is 7.88. The molecule has 0 saturated carbocycles. The first-order chi connectivity index (χ1) is 15.1. The van der Waals surface area contributed by atoms with Crippen molar-refractivity contribution in [3.05, 3.63) is 71.4 Å². The van der Waals surface area contributed by atoms with Gasteiger partial charge in [0.15, 0.2) is 0 Å². The van der Waals surface area contributed by atoms with Crippen molar-refractivity contribution in [3.8, 4) is 0 Å². The van der Waals surface area contributed by atoms with E-state index in [1.807, 2.05) is 25.4 Å². The maximum absolute atomic E-state index is 13.1. The number of halogens is 1. The minimum Gasteiger partial charge on any atom is -0.384 e. The summed E-state index contributed by atoms with van der Waals surface area (Å²) < 4.78 is 18.2. The first-order valence-electron chi connectivity index (χ1n) is 10.5. The minimum atomic E-state index is -0.349. The number of ether oxygens (including phenoxy) is 1. The van der Waals surface area contributed by atoms with Gasteiger partial charge in [-0.2, -0.15) is 0 Å². The Kier molecular flexibility index (Phi) is 6.79. The highest BCUT2D eigenvalue weighted by Crippen LogP contribution is 2.29. The lowest BCUT2D eigenvalue weighted by molar-refractivity contribution is 0.200. The molecule has 0 radical (unpaired) electrons. The van der Waals surface area contributed by atoms with E-state index in [4.69, 9.17) is 9.72 Å². The number of hydrogen-bond acceptors (Lipinski definition) is 7. The van der Waals surface area contributed by atoms with Crippen LogP contribution in [0, 0.1) is 12.7 Å². The van der Waals surface area contributed by atoms with Crippen molar-refractivity contribution >= 4 is 11.5 Å². The number of nitrogens with zero attached hydrogens (tertiary/aromatic N) is 5. The highest BCUT2D eigenvalue weighted by Gasteiger charge is 2.25. The molecule has 1 fully saturated rings. The van der Waals surface area contributed by atoms with Gasteiger partial charge in [-0.05, 0) is 44.2 Å². The lowest BCUT2D eigenvalue weighted by Crippen LogP contribution is -2.20. The van der Waals surface area contributed by atoms with Gasteiger partial charge in [0.2, 0.25) is 0 Å². The van der Waals surface area contributed by atoms with E-state index in [0.717, 1.165) is 60.9 Å². The Hall–Kier alpha value is -2.97. The van der Waals surface area contributed by atoms with Crippen LogP contribution in [-0.2, 0) is 17.7 Å². The molecule has 31 heavy (non-hydrogen) atoms. The third-order valence-corrected chi connectivity index (χ3v) is 5.36. The Morgan fingerprint density at radius 3 is 2.74 bits per heavy atom. The molecule has 0 amide bonds. The summed E-state index contributed by atoms with van der Waals surface area (Å²) in [4.78, 5) is 20.1. The number of nitrogens with one attached hydrogen (secondary N) is 1. The highest BCUT2D eigenvalue weighted by molar-refractivity contribution is 5.57. The van der Waals surface area contributed by atoms with Gasteiger partial charge in [0.05, 0.1) is 12.8 Å². The largest absolute Gasteiger partial charge is 0.384 e. The average Bonchev–Trinajstić information content (AvgIpc) is 3.23. The Morgan fingerprint density at radius 2 is 2.00 bits per heavy atom. The van der Waals surface area contributed by atoms with Gasteiger partial charge in [-0.25, -0.2) is 19.3 Å². The second-order valence-electron chi connectivity index (χ2n) is 7.88. The predicted molar refractivity (Wildman–Crippen MR) is 117 cm³/mol. The van der Waals surface area contributed by atoms with Gasteiger partial charge in [-0.1, -0.05) is 0 Å². The Balaban J connectivity index is 1.38. The summed E-state index contributed by atoms with van der Waals surface area (Å²) in [7, 11) is 1.68. The summed E-state index contributed by atoms with van der Waals surface area (Å²) in [5.41, 5.74) is 4.04. The first kappa shape index (κ1) is 21.3. The van der Waals surface area contributed by atoms with Gasteiger partial charge >= 0.3 is 0 Å². The lowest BCUT2D eigenvalue weighted by Gasteiger charge is -2.17. The van der Waals surface area contributed by atoms with Crippen molar-refractivity contribution in [1.29, 1.82) is 0 Å². The normalized spacial score (nSPS) is 16.5. The number of aromatic nitrogens is 4. The van der Waals surface area contributed by atoms with Gasteiger partial charge in [0.25, 0.3) is 0 Å². The van der Waals surface area contributed by atoms with Crippen LogP contribution < -0.4 is 5.32 Å². The number of aryl methyl sites for hydroxylation is 1. The van der Waals surface area contributed by atoms with Gasteiger partial charge in [-0.3, -0.25) is 9.88 Å². The molecule has 0 aromatic carbocycles. The van der Waals surface area contributed by atoms with Crippen LogP contribution in [0.25, 0.3) is 0 Å². The van der Waals surface area contributed by atoms with Crippen LogP contribution in [-0.4, -0.2) is 51.6 Å². The smallest absolute Gasteiger partial charge is 0.141 e. The van der Waals surface area contributed by atoms with E-state index in [9.17, 15) is 4.39 Å². The molecule has 1 aliphatic heterocycles. The fraction of sp³-hybridized carbons (Fsp3) is 0.391. The van der Waals surface area contributed by atoms with Gasteiger partial charge in [-0.15, -0.1) is 0 Å². The summed E-state index contributed by atoms with van der Waals surface area (Å²) in [5.74, 6) is 1.44. The zero-order chi connectivity index (χ0) is 21.6. The highest BCUT2D eigenvalue weighted by atomic mass is 19.1. The molecule has 1 atom stereocenters. The summed E-state index contributed by atoms with van der Waals surface area (Å²) >= 11 is 0. The van der Waals surface area contributed by atoms with Crippen LogP contribution >= 0.6 is 0 Å². The van der Waals surface area contributed by atoms with E-state index in [0.29, 0.717) is 18.3 Å². The molecule has 0 aliphatic carbocycles. The molecule has 0 bridgehead atoms. The fourth-order valence-electron chi connectivity index (χ4n) is 3.83. The van der Waals surface area contributed by atoms with Gasteiger partial charge in [0.1, 0.15) is 17.5 Å². The van der Waals surface area contributed by atoms with E-state index in [1.54, 1.807) is 13.2 Å². The molecule has 8 heteroatoms. The third kappa shape index (κ3) is 5.80. The van der Waals surface area contributed by atoms with Gasteiger partial charge in [0, 0.05) is 67.6 Å². The van der Waals surface area contributed by atoms with Crippen molar-refractivity contribution in [3.63, 3.8) is 0 Å². The molecule has 7 nitrogen and oxygen atoms in total. The van der Waals surface area contributed by atoms with E-state index >= 15 is 0 Å². The average molecular weight is 423 g/mol. The number of likely N-dealkylation sites (tertiary alicyclic amines) is 1. The Morgan fingerprint density at radius 1 is 1.16 bits per heavy atom. The molecule has 4 rings (SSSR count). The molecule has 4 heterocycles. The number of pyridine rings is 2. The molecule has 3 aromatic rings. The topological polar surface area (TPSA) is 76.1 Å². The molecule has 0 spiro atoms. The van der Waals surface area contributed by atoms with Crippen LogP contribution in [0.1, 0.15) is 35.1 Å². The summed E-state index contributed by atoms with van der Waals surface area (Å²) in [6, 6.07) is 7.07. The molecular weight excluding hydrogens is 395 g/mol. The predicted octanol–water partition coefficient (Wildman–Crippen LogP) is 3.64. The number of rotatable bonds is 8. The molecule has 1 saturated heterocycles. The third-order valence-electron chi connectivity index (χ3n) is 5.36. The standard InChI is InChI=1S/C23H27FN6O/c1-16-9-20(29-23-4-3-19(24)13-27-23)10-21(28-16)18-5-7-30(15-18)14-17-11-25-22(26-12-17)6-8-31-2/h3-4,9-13,18H,5-8,14-15H2,1-2H3,(H,27,28,29). The molecule has 1 N–H and O–H groups in total. The molecule has 3 aromatic heterocycles. The van der Waals surface area contributed by atoms with Crippen LogP contribution in [0.4, 0.5) is 15.9 Å². The van der Waals surface area contributed by atoms with Crippen molar-refractivity contribution < 1.29 is 9.13 Å². The monoisotopic (exact) mass is 422 g/mol. The molecule has 1 unspecified atom stereocenters. The quantitative estimate of drug-likeness (QED) is 0.594.